The molecule has 1 aromatic heterocycles. The van der Waals surface area contributed by atoms with Gasteiger partial charge in [0, 0.05) is 19.0 Å². The Morgan fingerprint density at radius 1 is 1.25 bits per heavy atom. The molecule has 0 radical (unpaired) electrons. The van der Waals surface area contributed by atoms with E-state index in [-0.39, 0.29) is 28.4 Å². The van der Waals surface area contributed by atoms with E-state index in [2.05, 4.69) is 5.32 Å². The second-order valence-electron chi connectivity index (χ2n) is 5.67. The van der Waals surface area contributed by atoms with Crippen LogP contribution in [0.4, 0.5) is 10.1 Å². The van der Waals surface area contributed by atoms with Gasteiger partial charge >= 0.3 is 0 Å². The molecular formula is C17H16ClFN2O3. The average molecular weight is 351 g/mol. The summed E-state index contributed by atoms with van der Waals surface area (Å²) in [4.78, 5) is 26.2. The van der Waals surface area contributed by atoms with Crippen LogP contribution >= 0.6 is 11.6 Å². The van der Waals surface area contributed by atoms with Gasteiger partial charge < -0.3 is 14.6 Å². The standard InChI is InChI=1S/C17H16ClFN2O3/c18-13-2-1-3-14(15(13)19)20-16(22)11-4-7-21(8-5-11)17(23)12-6-9-24-10-12/h1-3,6,9-11H,4-5,7-8H2,(H,20,22). The first-order valence-corrected chi connectivity index (χ1v) is 8.00. The highest BCUT2D eigenvalue weighted by atomic mass is 35.5. The Kier molecular flexibility index (Phi) is 4.85. The second-order valence-corrected chi connectivity index (χ2v) is 6.08. The van der Waals surface area contributed by atoms with Crippen LogP contribution in [0.2, 0.25) is 5.02 Å². The van der Waals surface area contributed by atoms with Crippen LogP contribution in [0.3, 0.4) is 0 Å². The number of halogens is 2. The molecule has 5 nitrogen and oxygen atoms in total. The second kappa shape index (κ2) is 7.05. The summed E-state index contributed by atoms with van der Waals surface area (Å²) in [5, 5.41) is 2.54. The number of hydrogen-bond donors (Lipinski definition) is 1. The molecule has 0 aliphatic carbocycles. The molecule has 2 amide bonds. The molecule has 0 saturated carbocycles. The van der Waals surface area contributed by atoms with Crippen LogP contribution in [0.25, 0.3) is 0 Å². The molecule has 24 heavy (non-hydrogen) atoms. The lowest BCUT2D eigenvalue weighted by Gasteiger charge is -2.31. The number of piperidine rings is 1. The fourth-order valence-corrected chi connectivity index (χ4v) is 2.92. The third-order valence-corrected chi connectivity index (χ3v) is 4.42. The van der Waals surface area contributed by atoms with Gasteiger partial charge in [-0.2, -0.15) is 0 Å². The molecule has 2 heterocycles. The molecule has 1 aromatic carbocycles. The molecule has 1 aliphatic heterocycles. The van der Waals surface area contributed by atoms with E-state index < -0.39 is 5.82 Å². The zero-order valence-corrected chi connectivity index (χ0v) is 13.6. The van der Waals surface area contributed by atoms with E-state index in [1.54, 1.807) is 17.0 Å². The van der Waals surface area contributed by atoms with Crippen molar-refractivity contribution in [3.05, 3.63) is 53.2 Å². The highest BCUT2D eigenvalue weighted by molar-refractivity contribution is 6.31. The van der Waals surface area contributed by atoms with Crippen molar-refractivity contribution in [2.75, 3.05) is 18.4 Å². The van der Waals surface area contributed by atoms with E-state index in [0.717, 1.165) is 0 Å². The topological polar surface area (TPSA) is 62.6 Å². The van der Waals surface area contributed by atoms with Crippen LogP contribution in [-0.4, -0.2) is 29.8 Å². The van der Waals surface area contributed by atoms with Gasteiger partial charge in [-0.1, -0.05) is 17.7 Å². The minimum absolute atomic E-state index is 0.0340. The molecule has 0 spiro atoms. The monoisotopic (exact) mass is 350 g/mol. The number of likely N-dealkylation sites (tertiary alicyclic amines) is 1. The SMILES string of the molecule is O=C(Nc1cccc(Cl)c1F)C1CCN(C(=O)c2ccoc2)CC1. The van der Waals surface area contributed by atoms with E-state index >= 15 is 0 Å². The molecule has 3 rings (SSSR count). The Hall–Kier alpha value is -2.34. The van der Waals surface area contributed by atoms with Gasteiger partial charge in [-0.25, -0.2) is 4.39 Å². The zero-order valence-electron chi connectivity index (χ0n) is 12.8. The maximum atomic E-state index is 13.8. The lowest BCUT2D eigenvalue weighted by Crippen LogP contribution is -2.41. The summed E-state index contributed by atoms with van der Waals surface area (Å²) in [6.07, 6.45) is 3.91. The van der Waals surface area contributed by atoms with Gasteiger partial charge in [-0.15, -0.1) is 0 Å². The molecule has 1 fully saturated rings. The normalized spacial score (nSPS) is 15.3. The Labute approximate surface area is 143 Å². The van der Waals surface area contributed by atoms with E-state index in [0.29, 0.717) is 31.5 Å². The number of hydrogen-bond acceptors (Lipinski definition) is 3. The third kappa shape index (κ3) is 3.43. The highest BCUT2D eigenvalue weighted by Gasteiger charge is 2.28. The van der Waals surface area contributed by atoms with Gasteiger partial charge in [0.25, 0.3) is 5.91 Å². The van der Waals surface area contributed by atoms with E-state index in [1.165, 1.54) is 24.7 Å². The van der Waals surface area contributed by atoms with Crippen molar-refractivity contribution < 1.29 is 18.4 Å². The van der Waals surface area contributed by atoms with E-state index in [9.17, 15) is 14.0 Å². The number of amides is 2. The molecule has 0 unspecified atom stereocenters. The van der Waals surface area contributed by atoms with E-state index in [4.69, 9.17) is 16.0 Å². The predicted octanol–water partition coefficient (Wildman–Crippen LogP) is 3.56. The molecule has 1 N–H and O–H groups in total. The summed E-state index contributed by atoms with van der Waals surface area (Å²) < 4.78 is 18.8. The van der Waals surface area contributed by atoms with Crippen molar-refractivity contribution in [1.82, 2.24) is 4.90 Å². The number of nitrogens with zero attached hydrogens (tertiary/aromatic N) is 1. The highest BCUT2D eigenvalue weighted by Crippen LogP contribution is 2.25. The van der Waals surface area contributed by atoms with Crippen LogP contribution < -0.4 is 5.32 Å². The summed E-state index contributed by atoms with van der Waals surface area (Å²) in [5.74, 6) is -1.27. The minimum Gasteiger partial charge on any atom is -0.472 e. The molecule has 126 valence electrons. The van der Waals surface area contributed by atoms with Crippen molar-refractivity contribution in [3.8, 4) is 0 Å². The van der Waals surface area contributed by atoms with Crippen molar-refractivity contribution in [2.45, 2.75) is 12.8 Å². The van der Waals surface area contributed by atoms with Gasteiger partial charge in [-0.3, -0.25) is 9.59 Å². The summed E-state index contributed by atoms with van der Waals surface area (Å²) in [7, 11) is 0. The maximum absolute atomic E-state index is 13.8. The first-order chi connectivity index (χ1) is 11.6. The number of carbonyl (C=O) groups is 2. The van der Waals surface area contributed by atoms with Crippen LogP contribution in [0.5, 0.6) is 0 Å². The summed E-state index contributed by atoms with van der Waals surface area (Å²) >= 11 is 5.71. The summed E-state index contributed by atoms with van der Waals surface area (Å²) in [6.45, 7) is 0.945. The molecule has 0 bridgehead atoms. The van der Waals surface area contributed by atoms with Gasteiger partial charge in [-0.05, 0) is 31.0 Å². The first kappa shape index (κ1) is 16.5. The van der Waals surface area contributed by atoms with Crippen LogP contribution in [-0.2, 0) is 4.79 Å². The number of rotatable bonds is 3. The average Bonchev–Trinajstić information content (AvgIpc) is 3.13. The molecule has 2 aromatic rings. The van der Waals surface area contributed by atoms with E-state index in [1.807, 2.05) is 0 Å². The van der Waals surface area contributed by atoms with Gasteiger partial charge in [0.1, 0.15) is 6.26 Å². The first-order valence-electron chi connectivity index (χ1n) is 7.62. The molecule has 7 heteroatoms. The number of benzene rings is 1. The molecule has 1 saturated heterocycles. The van der Waals surface area contributed by atoms with Crippen molar-refractivity contribution >= 4 is 29.1 Å². The quantitative estimate of drug-likeness (QED) is 0.920. The maximum Gasteiger partial charge on any atom is 0.257 e. The Morgan fingerprint density at radius 3 is 2.67 bits per heavy atom. The lowest BCUT2D eigenvalue weighted by atomic mass is 9.95. The zero-order chi connectivity index (χ0) is 17.1. The number of anilines is 1. The third-order valence-electron chi connectivity index (χ3n) is 4.13. The van der Waals surface area contributed by atoms with Gasteiger partial charge in [0.2, 0.25) is 5.91 Å². The van der Waals surface area contributed by atoms with Crippen LogP contribution in [0.1, 0.15) is 23.2 Å². The van der Waals surface area contributed by atoms with Crippen molar-refractivity contribution in [3.63, 3.8) is 0 Å². The fourth-order valence-electron chi connectivity index (χ4n) is 2.75. The predicted molar refractivity (Wildman–Crippen MR) is 87.4 cm³/mol. The lowest BCUT2D eigenvalue weighted by molar-refractivity contribution is -0.121. The molecule has 1 aliphatic rings. The van der Waals surface area contributed by atoms with Crippen molar-refractivity contribution in [2.24, 2.45) is 5.92 Å². The molecular weight excluding hydrogens is 335 g/mol. The summed E-state index contributed by atoms with van der Waals surface area (Å²) in [5.41, 5.74) is 0.573. The van der Waals surface area contributed by atoms with Crippen LogP contribution in [0, 0.1) is 11.7 Å². The van der Waals surface area contributed by atoms with Crippen LogP contribution in [0.15, 0.2) is 41.2 Å². The van der Waals surface area contributed by atoms with Gasteiger partial charge in [0.15, 0.2) is 5.82 Å². The Bertz CT molecular complexity index is 740. The Morgan fingerprint density at radius 2 is 2.00 bits per heavy atom. The minimum atomic E-state index is -0.639. The summed E-state index contributed by atoms with van der Waals surface area (Å²) in [6, 6.07) is 6.08. The number of carbonyl (C=O) groups excluding carboxylic acids is 2. The number of furan rings is 1. The molecule has 0 atom stereocenters. The fraction of sp³-hybridized carbons (Fsp3) is 0.294. The van der Waals surface area contributed by atoms with Crippen molar-refractivity contribution in [1.29, 1.82) is 0 Å². The van der Waals surface area contributed by atoms with Gasteiger partial charge in [0.05, 0.1) is 22.5 Å². The Balaban J connectivity index is 1.57. The largest absolute Gasteiger partial charge is 0.472 e. The number of nitrogens with one attached hydrogen (secondary N) is 1. The smallest absolute Gasteiger partial charge is 0.257 e.